The normalized spacial score (nSPS) is 12.0. The van der Waals surface area contributed by atoms with Gasteiger partial charge < -0.3 is 5.32 Å². The van der Waals surface area contributed by atoms with Gasteiger partial charge in [-0.1, -0.05) is 72.8 Å². The van der Waals surface area contributed by atoms with Crippen molar-refractivity contribution < 1.29 is 4.79 Å². The second kappa shape index (κ2) is 6.23. The predicted octanol–water partition coefficient (Wildman–Crippen LogP) is 3.72. The van der Waals surface area contributed by atoms with Crippen LogP contribution in [0.1, 0.15) is 17.0 Å². The third-order valence-electron chi connectivity index (χ3n) is 3.81. The maximum absolute atomic E-state index is 10.7. The lowest BCUT2D eigenvalue weighted by Crippen LogP contribution is -2.21. The zero-order valence-corrected chi connectivity index (χ0v) is 11.7. The molecule has 0 heterocycles. The van der Waals surface area contributed by atoms with Crippen LogP contribution in [0.4, 0.5) is 0 Å². The minimum atomic E-state index is 0.155. The molecule has 1 amide bonds. The van der Waals surface area contributed by atoms with E-state index in [-0.39, 0.29) is 5.92 Å². The number of amides is 1. The van der Waals surface area contributed by atoms with Crippen LogP contribution in [0.5, 0.6) is 0 Å². The third-order valence-corrected chi connectivity index (χ3v) is 3.81. The number of carbonyl (C=O) groups excluding carboxylic acids is 1. The van der Waals surface area contributed by atoms with Crippen molar-refractivity contribution in [3.63, 3.8) is 0 Å². The van der Waals surface area contributed by atoms with Crippen LogP contribution in [0.2, 0.25) is 0 Å². The molecule has 0 saturated heterocycles. The highest BCUT2D eigenvalue weighted by molar-refractivity contribution is 5.86. The predicted molar refractivity (Wildman–Crippen MR) is 86.3 cm³/mol. The molecule has 104 valence electrons. The Morgan fingerprint density at radius 2 is 1.57 bits per heavy atom. The standard InChI is InChI=1S/C19H17NO/c21-14-20-13-19(16-7-2-1-3-8-16)18-12-6-10-15-9-4-5-11-17(15)18/h1-12,14,19H,13H2,(H,20,21). The van der Waals surface area contributed by atoms with Gasteiger partial charge in [-0.3, -0.25) is 4.79 Å². The summed E-state index contributed by atoms with van der Waals surface area (Å²) in [5.41, 5.74) is 2.46. The van der Waals surface area contributed by atoms with E-state index >= 15 is 0 Å². The average Bonchev–Trinajstić information content (AvgIpc) is 2.56. The number of carbonyl (C=O) groups is 1. The Kier molecular flexibility index (Phi) is 3.97. The largest absolute Gasteiger partial charge is 0.358 e. The molecule has 0 aromatic heterocycles. The van der Waals surface area contributed by atoms with Crippen molar-refractivity contribution in [2.75, 3.05) is 6.54 Å². The quantitative estimate of drug-likeness (QED) is 0.706. The SMILES string of the molecule is O=CNCC(c1ccccc1)c1cccc2ccccc12. The van der Waals surface area contributed by atoms with Crippen LogP contribution in [-0.4, -0.2) is 13.0 Å². The Morgan fingerprint density at radius 1 is 0.857 bits per heavy atom. The molecule has 1 N–H and O–H groups in total. The summed E-state index contributed by atoms with van der Waals surface area (Å²) in [6.45, 7) is 0.599. The van der Waals surface area contributed by atoms with Gasteiger partial charge in [0.25, 0.3) is 0 Å². The monoisotopic (exact) mass is 275 g/mol. The number of fused-ring (bicyclic) bond motifs is 1. The molecule has 0 radical (unpaired) electrons. The summed E-state index contributed by atoms with van der Waals surface area (Å²) >= 11 is 0. The number of benzene rings is 3. The zero-order chi connectivity index (χ0) is 14.5. The van der Waals surface area contributed by atoms with E-state index < -0.39 is 0 Å². The smallest absolute Gasteiger partial charge is 0.207 e. The summed E-state index contributed by atoms with van der Waals surface area (Å²) < 4.78 is 0. The molecule has 0 saturated carbocycles. The van der Waals surface area contributed by atoms with E-state index in [1.54, 1.807) is 0 Å². The number of hydrogen-bond acceptors (Lipinski definition) is 1. The van der Waals surface area contributed by atoms with Crippen LogP contribution in [0.15, 0.2) is 72.8 Å². The highest BCUT2D eigenvalue weighted by Crippen LogP contribution is 2.30. The Labute approximate surface area is 124 Å². The lowest BCUT2D eigenvalue weighted by atomic mass is 9.88. The van der Waals surface area contributed by atoms with Gasteiger partial charge in [0.2, 0.25) is 6.41 Å². The van der Waals surface area contributed by atoms with Gasteiger partial charge in [-0.15, -0.1) is 0 Å². The Balaban J connectivity index is 2.12. The Hall–Kier alpha value is -2.61. The first-order valence-electron chi connectivity index (χ1n) is 7.10. The van der Waals surface area contributed by atoms with E-state index in [1.807, 2.05) is 24.3 Å². The summed E-state index contributed by atoms with van der Waals surface area (Å²) in [4.78, 5) is 10.7. The van der Waals surface area contributed by atoms with E-state index in [1.165, 1.54) is 21.9 Å². The molecule has 2 heteroatoms. The summed E-state index contributed by atoms with van der Waals surface area (Å²) in [7, 11) is 0. The first-order chi connectivity index (χ1) is 10.4. The minimum Gasteiger partial charge on any atom is -0.358 e. The van der Waals surface area contributed by atoms with Crippen LogP contribution in [0.25, 0.3) is 10.8 Å². The molecule has 3 aromatic carbocycles. The van der Waals surface area contributed by atoms with Crippen molar-refractivity contribution >= 4 is 17.2 Å². The molecular formula is C19H17NO. The average molecular weight is 275 g/mol. The van der Waals surface area contributed by atoms with Crippen molar-refractivity contribution in [1.29, 1.82) is 0 Å². The van der Waals surface area contributed by atoms with Gasteiger partial charge in [0, 0.05) is 12.5 Å². The highest BCUT2D eigenvalue weighted by Gasteiger charge is 2.15. The van der Waals surface area contributed by atoms with Crippen LogP contribution < -0.4 is 5.32 Å². The lowest BCUT2D eigenvalue weighted by molar-refractivity contribution is -0.109. The number of rotatable bonds is 5. The van der Waals surface area contributed by atoms with Crippen molar-refractivity contribution in [2.24, 2.45) is 0 Å². The lowest BCUT2D eigenvalue weighted by Gasteiger charge is -2.19. The fourth-order valence-corrected chi connectivity index (χ4v) is 2.81. The molecule has 1 atom stereocenters. The van der Waals surface area contributed by atoms with Gasteiger partial charge >= 0.3 is 0 Å². The van der Waals surface area contributed by atoms with Gasteiger partial charge in [0.05, 0.1) is 0 Å². The van der Waals surface area contributed by atoms with Gasteiger partial charge in [0.1, 0.15) is 0 Å². The van der Waals surface area contributed by atoms with Gasteiger partial charge in [-0.2, -0.15) is 0 Å². The van der Waals surface area contributed by atoms with Crippen molar-refractivity contribution in [3.8, 4) is 0 Å². The van der Waals surface area contributed by atoms with Crippen LogP contribution in [0.3, 0.4) is 0 Å². The van der Waals surface area contributed by atoms with Gasteiger partial charge in [-0.25, -0.2) is 0 Å². The summed E-state index contributed by atoms with van der Waals surface area (Å²) in [6, 6.07) is 25.0. The molecule has 0 spiro atoms. The maximum Gasteiger partial charge on any atom is 0.207 e. The molecule has 0 aliphatic carbocycles. The second-order valence-electron chi connectivity index (χ2n) is 5.06. The van der Waals surface area contributed by atoms with Crippen LogP contribution >= 0.6 is 0 Å². The van der Waals surface area contributed by atoms with E-state index in [0.717, 1.165) is 6.41 Å². The van der Waals surface area contributed by atoms with E-state index in [9.17, 15) is 4.79 Å². The van der Waals surface area contributed by atoms with Crippen LogP contribution in [0, 0.1) is 0 Å². The zero-order valence-electron chi connectivity index (χ0n) is 11.7. The first-order valence-corrected chi connectivity index (χ1v) is 7.10. The molecule has 0 aliphatic heterocycles. The summed E-state index contributed by atoms with van der Waals surface area (Å²) in [5, 5.41) is 5.29. The van der Waals surface area contributed by atoms with E-state index in [2.05, 4.69) is 53.8 Å². The fourth-order valence-electron chi connectivity index (χ4n) is 2.81. The second-order valence-corrected chi connectivity index (χ2v) is 5.06. The van der Waals surface area contributed by atoms with E-state index in [0.29, 0.717) is 6.54 Å². The summed E-state index contributed by atoms with van der Waals surface area (Å²) in [5.74, 6) is 0.155. The van der Waals surface area contributed by atoms with Crippen molar-refractivity contribution in [1.82, 2.24) is 5.32 Å². The molecule has 0 bridgehead atoms. The molecule has 1 unspecified atom stereocenters. The van der Waals surface area contributed by atoms with E-state index in [4.69, 9.17) is 0 Å². The Bertz CT molecular complexity index is 731. The molecular weight excluding hydrogens is 258 g/mol. The Morgan fingerprint density at radius 3 is 2.38 bits per heavy atom. The third kappa shape index (κ3) is 2.79. The number of hydrogen-bond donors (Lipinski definition) is 1. The topological polar surface area (TPSA) is 29.1 Å². The molecule has 2 nitrogen and oxygen atoms in total. The first kappa shape index (κ1) is 13.4. The molecule has 3 aromatic rings. The molecule has 21 heavy (non-hydrogen) atoms. The molecule has 0 fully saturated rings. The van der Waals surface area contributed by atoms with Gasteiger partial charge in [-0.05, 0) is 21.9 Å². The maximum atomic E-state index is 10.7. The van der Waals surface area contributed by atoms with Crippen molar-refractivity contribution in [2.45, 2.75) is 5.92 Å². The summed E-state index contributed by atoms with van der Waals surface area (Å²) in [6.07, 6.45) is 0.765. The molecule has 3 rings (SSSR count). The van der Waals surface area contributed by atoms with Crippen molar-refractivity contribution in [3.05, 3.63) is 83.9 Å². The molecule has 0 aliphatic rings. The van der Waals surface area contributed by atoms with Crippen LogP contribution in [-0.2, 0) is 4.79 Å². The highest BCUT2D eigenvalue weighted by atomic mass is 16.1. The fraction of sp³-hybridized carbons (Fsp3) is 0.105. The minimum absolute atomic E-state index is 0.155. The number of nitrogens with one attached hydrogen (secondary N) is 1. The van der Waals surface area contributed by atoms with Gasteiger partial charge in [0.15, 0.2) is 0 Å².